The Hall–Kier alpha value is -2.92. The molecule has 3 aromatic rings. The molecule has 4 rings (SSSR count). The van der Waals surface area contributed by atoms with Crippen LogP contribution in [0.1, 0.15) is 21.5 Å². The maximum Gasteiger partial charge on any atom is 0.253 e. The maximum absolute atomic E-state index is 12.8. The van der Waals surface area contributed by atoms with E-state index in [1.807, 2.05) is 49.6 Å². The lowest BCUT2D eigenvalue weighted by Gasteiger charge is -2.29. The largest absolute Gasteiger partial charge is 0.371 e. The molecule has 1 aromatic heterocycles. The molecule has 0 spiro atoms. The minimum absolute atomic E-state index is 0.0125. The molecule has 26 heavy (non-hydrogen) atoms. The van der Waals surface area contributed by atoms with E-state index in [1.165, 1.54) is 11.1 Å². The summed E-state index contributed by atoms with van der Waals surface area (Å²) in [6, 6.07) is 17.7. The van der Waals surface area contributed by atoms with Gasteiger partial charge < -0.3 is 9.64 Å². The topological polar surface area (TPSA) is 47.4 Å². The van der Waals surface area contributed by atoms with Gasteiger partial charge in [-0.05, 0) is 35.4 Å². The first-order chi connectivity index (χ1) is 12.7. The monoisotopic (exact) mass is 347 g/mol. The van der Waals surface area contributed by atoms with E-state index in [9.17, 15) is 4.79 Å². The molecule has 0 bridgehead atoms. The highest BCUT2D eigenvalue weighted by Crippen LogP contribution is 2.21. The lowest BCUT2D eigenvalue weighted by molar-refractivity contribution is 0.00985. The Bertz CT molecular complexity index is 905. The molecule has 0 radical (unpaired) electrons. The number of hydrogen-bond acceptors (Lipinski definition) is 3. The van der Waals surface area contributed by atoms with Gasteiger partial charge in [-0.3, -0.25) is 4.79 Å². The van der Waals surface area contributed by atoms with Crippen molar-refractivity contribution in [1.82, 2.24) is 14.7 Å². The fraction of sp³-hybridized carbons (Fsp3) is 0.238. The van der Waals surface area contributed by atoms with Gasteiger partial charge in [-0.25, -0.2) is 4.68 Å². The molecule has 0 aliphatic carbocycles. The Kier molecular flexibility index (Phi) is 4.54. The van der Waals surface area contributed by atoms with Gasteiger partial charge in [-0.15, -0.1) is 0 Å². The molecule has 132 valence electrons. The van der Waals surface area contributed by atoms with E-state index in [-0.39, 0.29) is 12.0 Å². The van der Waals surface area contributed by atoms with Gasteiger partial charge in [0.25, 0.3) is 5.91 Å². The zero-order valence-corrected chi connectivity index (χ0v) is 14.7. The number of benzene rings is 2. The van der Waals surface area contributed by atoms with E-state index in [4.69, 9.17) is 4.74 Å². The zero-order chi connectivity index (χ0) is 17.9. The summed E-state index contributed by atoms with van der Waals surface area (Å²) in [4.78, 5) is 14.6. The van der Waals surface area contributed by atoms with Gasteiger partial charge in [-0.2, -0.15) is 5.10 Å². The summed E-state index contributed by atoms with van der Waals surface area (Å²) in [6.45, 7) is 1.18. The Morgan fingerprint density at radius 3 is 2.85 bits per heavy atom. The third kappa shape index (κ3) is 3.39. The van der Waals surface area contributed by atoms with Crippen molar-refractivity contribution in [2.24, 2.45) is 0 Å². The third-order valence-electron chi connectivity index (χ3n) is 4.73. The molecule has 1 atom stereocenters. The van der Waals surface area contributed by atoms with E-state index >= 15 is 0 Å². The van der Waals surface area contributed by atoms with E-state index in [0.29, 0.717) is 18.7 Å². The Morgan fingerprint density at radius 2 is 2.04 bits per heavy atom. The average Bonchev–Trinajstić information content (AvgIpc) is 3.22. The summed E-state index contributed by atoms with van der Waals surface area (Å²) in [5.74, 6) is -0.0125. The minimum Gasteiger partial charge on any atom is -0.371 e. The number of carbonyl (C=O) groups is 1. The summed E-state index contributed by atoms with van der Waals surface area (Å²) >= 11 is 0. The first kappa shape index (κ1) is 16.5. The summed E-state index contributed by atoms with van der Waals surface area (Å²) < 4.78 is 7.68. The minimum atomic E-state index is -0.0125. The molecular formula is C21H21N3O2. The summed E-state index contributed by atoms with van der Waals surface area (Å²) in [5, 5.41) is 4.22. The second kappa shape index (κ2) is 7.14. The Labute approximate surface area is 152 Å². The number of nitrogens with zero attached hydrogens (tertiary/aromatic N) is 3. The number of carbonyl (C=O) groups excluding carboxylic acids is 1. The highest BCUT2D eigenvalue weighted by Gasteiger charge is 2.22. The molecule has 0 saturated carbocycles. The fourth-order valence-electron chi connectivity index (χ4n) is 3.34. The SMILES string of the molecule is CN(CC1Cc2ccccc2CO1)C(=O)c1cccc(-n2cccn2)c1. The Balaban J connectivity index is 1.45. The zero-order valence-electron chi connectivity index (χ0n) is 14.7. The summed E-state index contributed by atoms with van der Waals surface area (Å²) in [5.41, 5.74) is 4.07. The summed E-state index contributed by atoms with van der Waals surface area (Å²) in [6.07, 6.45) is 4.44. The maximum atomic E-state index is 12.8. The van der Waals surface area contributed by atoms with Gasteiger partial charge in [0.05, 0.1) is 18.4 Å². The molecule has 5 heteroatoms. The van der Waals surface area contributed by atoms with Gasteiger partial charge in [-0.1, -0.05) is 30.3 Å². The van der Waals surface area contributed by atoms with Crippen LogP contribution in [0.15, 0.2) is 67.0 Å². The quantitative estimate of drug-likeness (QED) is 0.729. The first-order valence-corrected chi connectivity index (χ1v) is 8.74. The van der Waals surface area contributed by atoms with Crippen LogP contribution in [-0.2, 0) is 17.8 Å². The second-order valence-electron chi connectivity index (χ2n) is 6.59. The van der Waals surface area contributed by atoms with Crippen molar-refractivity contribution in [3.05, 3.63) is 83.7 Å². The van der Waals surface area contributed by atoms with Crippen molar-refractivity contribution in [1.29, 1.82) is 0 Å². The molecule has 0 saturated heterocycles. The average molecular weight is 347 g/mol. The molecule has 1 aliphatic rings. The van der Waals surface area contributed by atoms with Gasteiger partial charge >= 0.3 is 0 Å². The van der Waals surface area contributed by atoms with Crippen LogP contribution in [0.3, 0.4) is 0 Å². The molecule has 5 nitrogen and oxygen atoms in total. The van der Waals surface area contributed by atoms with E-state index < -0.39 is 0 Å². The van der Waals surface area contributed by atoms with Crippen molar-refractivity contribution >= 4 is 5.91 Å². The lowest BCUT2D eigenvalue weighted by Crippen LogP contribution is -2.38. The van der Waals surface area contributed by atoms with Crippen LogP contribution in [-0.4, -0.2) is 40.3 Å². The normalized spacial score (nSPS) is 16.1. The van der Waals surface area contributed by atoms with Gasteiger partial charge in [0, 0.05) is 38.0 Å². The highest BCUT2D eigenvalue weighted by molar-refractivity contribution is 5.94. The predicted octanol–water partition coefficient (Wildman–Crippen LogP) is 3.09. The van der Waals surface area contributed by atoms with Crippen molar-refractivity contribution in [2.45, 2.75) is 19.1 Å². The van der Waals surface area contributed by atoms with E-state index in [1.54, 1.807) is 15.8 Å². The molecule has 1 amide bonds. The van der Waals surface area contributed by atoms with Crippen molar-refractivity contribution in [3.8, 4) is 5.69 Å². The molecule has 2 aromatic carbocycles. The fourth-order valence-corrected chi connectivity index (χ4v) is 3.34. The number of ether oxygens (including phenoxy) is 1. The lowest BCUT2D eigenvalue weighted by atomic mass is 9.99. The van der Waals surface area contributed by atoms with Crippen LogP contribution < -0.4 is 0 Å². The van der Waals surface area contributed by atoms with Crippen LogP contribution in [0, 0.1) is 0 Å². The summed E-state index contributed by atoms with van der Waals surface area (Å²) in [7, 11) is 1.83. The smallest absolute Gasteiger partial charge is 0.253 e. The number of rotatable bonds is 4. The number of amides is 1. The molecule has 1 aliphatic heterocycles. The number of hydrogen-bond donors (Lipinski definition) is 0. The van der Waals surface area contributed by atoms with Crippen LogP contribution in [0.25, 0.3) is 5.69 Å². The van der Waals surface area contributed by atoms with Crippen LogP contribution >= 0.6 is 0 Å². The molecule has 2 heterocycles. The van der Waals surface area contributed by atoms with Crippen molar-refractivity contribution < 1.29 is 9.53 Å². The predicted molar refractivity (Wildman–Crippen MR) is 99.2 cm³/mol. The number of aromatic nitrogens is 2. The van der Waals surface area contributed by atoms with E-state index in [0.717, 1.165) is 12.1 Å². The number of likely N-dealkylation sites (N-methyl/N-ethyl adjacent to an activating group) is 1. The molecule has 0 N–H and O–H groups in total. The molecular weight excluding hydrogens is 326 g/mol. The number of fused-ring (bicyclic) bond motifs is 1. The second-order valence-corrected chi connectivity index (χ2v) is 6.59. The van der Waals surface area contributed by atoms with Crippen molar-refractivity contribution in [2.75, 3.05) is 13.6 Å². The van der Waals surface area contributed by atoms with E-state index in [2.05, 4.69) is 23.3 Å². The third-order valence-corrected chi connectivity index (χ3v) is 4.73. The first-order valence-electron chi connectivity index (χ1n) is 8.74. The van der Waals surface area contributed by atoms with Crippen molar-refractivity contribution in [3.63, 3.8) is 0 Å². The van der Waals surface area contributed by atoms with Crippen LogP contribution in [0.4, 0.5) is 0 Å². The Morgan fingerprint density at radius 1 is 1.19 bits per heavy atom. The molecule has 0 fully saturated rings. The molecule has 1 unspecified atom stereocenters. The standard InChI is InChI=1S/C21H21N3O2/c1-23(14-20-13-16-6-2-3-7-18(16)15-26-20)21(25)17-8-4-9-19(12-17)24-11-5-10-22-24/h2-12,20H,13-15H2,1H3. The van der Waals surface area contributed by atoms with Gasteiger partial charge in [0.2, 0.25) is 0 Å². The van der Waals surface area contributed by atoms with Crippen LogP contribution in [0.2, 0.25) is 0 Å². The highest BCUT2D eigenvalue weighted by atomic mass is 16.5. The van der Waals surface area contributed by atoms with Gasteiger partial charge in [0.1, 0.15) is 0 Å². The van der Waals surface area contributed by atoms with Gasteiger partial charge in [0.15, 0.2) is 0 Å². The van der Waals surface area contributed by atoms with Crippen LogP contribution in [0.5, 0.6) is 0 Å².